The molecule has 33 heavy (non-hydrogen) atoms. The van der Waals surface area contributed by atoms with Gasteiger partial charge in [-0.3, -0.25) is 9.59 Å². The van der Waals surface area contributed by atoms with Crippen LogP contribution in [0.2, 0.25) is 0 Å². The zero-order valence-electron chi connectivity index (χ0n) is 17.9. The van der Waals surface area contributed by atoms with Gasteiger partial charge in [-0.15, -0.1) is 0 Å². The molecule has 1 aliphatic heterocycles. The largest absolute Gasteiger partial charge is 0.457 e. The molecule has 0 saturated carbocycles. The van der Waals surface area contributed by atoms with Crippen LogP contribution in [0.3, 0.4) is 0 Å². The standard InChI is InChI=1S/C26H23N3O4/c1-2-24(30)29-16-6-7-18(17-29)23-15-14-22(25(27)31)26(28-23)33-21-12-10-20(11-13-21)32-19-8-4-3-5-9-19/h2-5,7-15H,1,6,16-17H2,(H2,27,31). The van der Waals surface area contributed by atoms with Crippen LogP contribution in [0.4, 0.5) is 0 Å². The fraction of sp³-hybridized carbons (Fsp3) is 0.115. The first-order chi connectivity index (χ1) is 16.0. The predicted octanol–water partition coefficient (Wildman–Crippen LogP) is 4.57. The van der Waals surface area contributed by atoms with E-state index in [1.807, 2.05) is 36.4 Å². The minimum atomic E-state index is -0.644. The number of amides is 2. The third kappa shape index (κ3) is 5.27. The summed E-state index contributed by atoms with van der Waals surface area (Å²) in [6.45, 7) is 4.57. The Kier molecular flexibility index (Phi) is 6.50. The Labute approximate surface area is 191 Å². The molecule has 0 spiro atoms. The van der Waals surface area contributed by atoms with Crippen molar-refractivity contribution in [3.8, 4) is 23.1 Å². The van der Waals surface area contributed by atoms with Gasteiger partial charge in [-0.2, -0.15) is 0 Å². The number of carbonyl (C=O) groups excluding carboxylic acids is 2. The smallest absolute Gasteiger partial charge is 0.254 e. The molecule has 0 unspecified atom stereocenters. The van der Waals surface area contributed by atoms with E-state index in [1.54, 1.807) is 41.3 Å². The summed E-state index contributed by atoms with van der Waals surface area (Å²) < 4.78 is 11.7. The van der Waals surface area contributed by atoms with Gasteiger partial charge >= 0.3 is 0 Å². The number of para-hydroxylation sites is 1. The summed E-state index contributed by atoms with van der Waals surface area (Å²) in [5.41, 5.74) is 7.17. The van der Waals surface area contributed by atoms with Crippen molar-refractivity contribution in [3.63, 3.8) is 0 Å². The van der Waals surface area contributed by atoms with E-state index in [-0.39, 0.29) is 17.4 Å². The summed E-state index contributed by atoms with van der Waals surface area (Å²) in [6, 6.07) is 19.7. The second-order valence-electron chi connectivity index (χ2n) is 7.38. The minimum absolute atomic E-state index is 0.102. The number of hydrogen-bond donors (Lipinski definition) is 1. The van der Waals surface area contributed by atoms with Gasteiger partial charge in [0.25, 0.3) is 5.91 Å². The molecule has 0 saturated heterocycles. The molecule has 7 heteroatoms. The third-order valence-electron chi connectivity index (χ3n) is 5.11. The average molecular weight is 441 g/mol. The number of aromatic nitrogens is 1. The molecule has 0 bridgehead atoms. The lowest BCUT2D eigenvalue weighted by Crippen LogP contribution is -2.34. The van der Waals surface area contributed by atoms with Gasteiger partial charge in [0.05, 0.1) is 5.69 Å². The van der Waals surface area contributed by atoms with Crippen LogP contribution in [0.25, 0.3) is 5.57 Å². The first kappa shape index (κ1) is 21.8. The number of pyridine rings is 1. The average Bonchev–Trinajstić information content (AvgIpc) is 2.85. The Morgan fingerprint density at radius 1 is 0.939 bits per heavy atom. The topological polar surface area (TPSA) is 94.8 Å². The number of benzene rings is 2. The number of rotatable bonds is 7. The van der Waals surface area contributed by atoms with E-state index in [0.29, 0.717) is 36.7 Å². The van der Waals surface area contributed by atoms with Gasteiger partial charge in [-0.25, -0.2) is 4.98 Å². The molecule has 0 radical (unpaired) electrons. The van der Waals surface area contributed by atoms with Crippen molar-refractivity contribution < 1.29 is 19.1 Å². The second-order valence-corrected chi connectivity index (χ2v) is 7.38. The van der Waals surface area contributed by atoms with Gasteiger partial charge in [0.1, 0.15) is 22.8 Å². The van der Waals surface area contributed by atoms with E-state index in [4.69, 9.17) is 15.2 Å². The summed E-state index contributed by atoms with van der Waals surface area (Å²) in [6.07, 6.45) is 4.03. The fourth-order valence-corrected chi connectivity index (χ4v) is 3.44. The second kappa shape index (κ2) is 9.82. The van der Waals surface area contributed by atoms with Gasteiger partial charge in [0.15, 0.2) is 0 Å². The summed E-state index contributed by atoms with van der Waals surface area (Å²) >= 11 is 0. The van der Waals surface area contributed by atoms with Gasteiger partial charge in [-0.1, -0.05) is 30.9 Å². The molecular formula is C26H23N3O4. The summed E-state index contributed by atoms with van der Waals surface area (Å²) in [4.78, 5) is 30.2. The first-order valence-electron chi connectivity index (χ1n) is 10.5. The van der Waals surface area contributed by atoms with Crippen LogP contribution >= 0.6 is 0 Å². The Morgan fingerprint density at radius 2 is 1.61 bits per heavy atom. The highest BCUT2D eigenvalue weighted by Crippen LogP contribution is 2.29. The monoisotopic (exact) mass is 441 g/mol. The van der Waals surface area contributed by atoms with E-state index in [1.165, 1.54) is 6.08 Å². The van der Waals surface area contributed by atoms with Crippen LogP contribution in [0.15, 0.2) is 85.5 Å². The van der Waals surface area contributed by atoms with Gasteiger partial charge in [-0.05, 0) is 66.6 Å². The number of carbonyl (C=O) groups is 2. The van der Waals surface area contributed by atoms with Crippen LogP contribution in [0.5, 0.6) is 23.1 Å². The van der Waals surface area contributed by atoms with Crippen LogP contribution in [-0.2, 0) is 4.79 Å². The lowest BCUT2D eigenvalue weighted by Gasteiger charge is -2.26. The summed E-state index contributed by atoms with van der Waals surface area (Å²) in [5.74, 6) is 1.16. The van der Waals surface area contributed by atoms with Gasteiger partial charge < -0.3 is 20.1 Å². The van der Waals surface area contributed by atoms with Crippen molar-refractivity contribution in [1.29, 1.82) is 0 Å². The minimum Gasteiger partial charge on any atom is -0.457 e. The van der Waals surface area contributed by atoms with Crippen molar-refractivity contribution in [3.05, 3.63) is 96.7 Å². The predicted molar refractivity (Wildman–Crippen MR) is 125 cm³/mol. The Hall–Kier alpha value is -4.39. The molecule has 0 fully saturated rings. The first-order valence-corrected chi connectivity index (χ1v) is 10.5. The highest BCUT2D eigenvalue weighted by Gasteiger charge is 2.20. The van der Waals surface area contributed by atoms with E-state index in [2.05, 4.69) is 11.6 Å². The molecule has 0 aliphatic carbocycles. The lowest BCUT2D eigenvalue weighted by molar-refractivity contribution is -0.125. The Balaban J connectivity index is 1.55. The number of nitrogens with two attached hydrogens (primary N) is 1. The highest BCUT2D eigenvalue weighted by molar-refractivity contribution is 5.95. The molecule has 3 aromatic rings. The summed E-state index contributed by atoms with van der Waals surface area (Å²) in [7, 11) is 0. The number of ether oxygens (including phenoxy) is 2. The van der Waals surface area contributed by atoms with Crippen LogP contribution in [0.1, 0.15) is 22.5 Å². The van der Waals surface area contributed by atoms with Crippen molar-refractivity contribution in [1.82, 2.24) is 9.88 Å². The number of nitrogens with zero attached hydrogens (tertiary/aromatic N) is 2. The molecular weight excluding hydrogens is 418 g/mol. The molecule has 0 atom stereocenters. The van der Waals surface area contributed by atoms with Crippen molar-refractivity contribution >= 4 is 17.4 Å². The molecule has 1 aromatic heterocycles. The maximum Gasteiger partial charge on any atom is 0.254 e. The molecule has 4 rings (SSSR count). The quantitative estimate of drug-likeness (QED) is 0.542. The van der Waals surface area contributed by atoms with E-state index < -0.39 is 5.91 Å². The van der Waals surface area contributed by atoms with E-state index in [9.17, 15) is 9.59 Å². The number of primary amides is 1. The summed E-state index contributed by atoms with van der Waals surface area (Å²) in [5, 5.41) is 0. The Bertz CT molecular complexity index is 1200. The zero-order chi connectivity index (χ0) is 23.2. The molecule has 2 heterocycles. The number of hydrogen-bond acceptors (Lipinski definition) is 5. The maximum atomic E-state index is 12.0. The third-order valence-corrected chi connectivity index (χ3v) is 5.11. The van der Waals surface area contributed by atoms with Crippen LogP contribution in [0, 0.1) is 0 Å². The normalized spacial score (nSPS) is 13.1. The van der Waals surface area contributed by atoms with Gasteiger partial charge in [0.2, 0.25) is 11.8 Å². The van der Waals surface area contributed by atoms with Crippen molar-refractivity contribution in [2.45, 2.75) is 6.42 Å². The highest BCUT2D eigenvalue weighted by atomic mass is 16.5. The SMILES string of the molecule is C=CC(=O)N1CCC=C(c2ccc(C(N)=O)c(Oc3ccc(Oc4ccccc4)cc3)n2)C1. The zero-order valence-corrected chi connectivity index (χ0v) is 17.9. The van der Waals surface area contributed by atoms with E-state index in [0.717, 1.165) is 11.3 Å². The molecule has 166 valence electrons. The molecule has 1 aliphatic rings. The molecule has 2 aromatic carbocycles. The Morgan fingerprint density at radius 3 is 2.27 bits per heavy atom. The lowest BCUT2D eigenvalue weighted by atomic mass is 10.0. The maximum absolute atomic E-state index is 12.0. The van der Waals surface area contributed by atoms with E-state index >= 15 is 0 Å². The van der Waals surface area contributed by atoms with Gasteiger partial charge in [0, 0.05) is 13.1 Å². The van der Waals surface area contributed by atoms with Crippen LogP contribution in [-0.4, -0.2) is 34.8 Å². The van der Waals surface area contributed by atoms with Crippen LogP contribution < -0.4 is 15.2 Å². The molecule has 7 nitrogen and oxygen atoms in total. The fourth-order valence-electron chi connectivity index (χ4n) is 3.44. The van der Waals surface area contributed by atoms with Crippen molar-refractivity contribution in [2.75, 3.05) is 13.1 Å². The molecule has 2 amide bonds. The molecule has 2 N–H and O–H groups in total. The van der Waals surface area contributed by atoms with Crippen molar-refractivity contribution in [2.24, 2.45) is 5.73 Å².